The van der Waals surface area contributed by atoms with Gasteiger partial charge in [0, 0.05) is 5.92 Å². The Morgan fingerprint density at radius 3 is 2.67 bits per heavy atom. The number of hydrogen-bond acceptors (Lipinski definition) is 3. The number of phenolic OH excluding ortho intramolecular Hbond substituents is 1. The summed E-state index contributed by atoms with van der Waals surface area (Å²) in [5.74, 6) is 0.264. The summed E-state index contributed by atoms with van der Waals surface area (Å²) < 4.78 is 5.21. The van der Waals surface area contributed by atoms with Crippen LogP contribution in [0.5, 0.6) is 5.75 Å². The van der Waals surface area contributed by atoms with Crippen LogP contribution in [0, 0.1) is 0 Å². The van der Waals surface area contributed by atoms with Gasteiger partial charge in [-0.2, -0.15) is 0 Å². The molecule has 0 amide bonds. The molecule has 0 aliphatic carbocycles. The molecule has 3 heteroatoms. The van der Waals surface area contributed by atoms with Crippen molar-refractivity contribution in [2.24, 2.45) is 0 Å². The van der Waals surface area contributed by atoms with Gasteiger partial charge in [0.05, 0.1) is 6.42 Å². The third-order valence-corrected chi connectivity index (χ3v) is 2.84. The fourth-order valence-electron chi connectivity index (χ4n) is 2.03. The molecule has 0 spiro atoms. The number of aromatic hydroxyl groups is 1. The Bertz CT molecular complexity index is 356. The molecule has 0 radical (unpaired) electrons. The van der Waals surface area contributed by atoms with E-state index in [1.54, 1.807) is 12.1 Å². The standard InChI is InChI=1S/C12H14O3/c1-2-11-10(7-12(14)15-11)8-3-5-9(13)6-4-8/h3-6,10-11,13H,2,7H2,1H3/t10-,11-/m0/s1. The third kappa shape index (κ3) is 1.96. The van der Waals surface area contributed by atoms with Gasteiger partial charge in [-0.25, -0.2) is 0 Å². The number of phenols is 1. The summed E-state index contributed by atoms with van der Waals surface area (Å²) in [6.07, 6.45) is 1.27. The molecule has 15 heavy (non-hydrogen) atoms. The average molecular weight is 206 g/mol. The van der Waals surface area contributed by atoms with Crippen LogP contribution in [0.3, 0.4) is 0 Å². The highest BCUT2D eigenvalue weighted by atomic mass is 16.5. The lowest BCUT2D eigenvalue weighted by molar-refractivity contribution is -0.141. The minimum absolute atomic E-state index is 0.0120. The monoisotopic (exact) mass is 206 g/mol. The molecule has 0 bridgehead atoms. The fourth-order valence-corrected chi connectivity index (χ4v) is 2.03. The molecule has 1 aromatic rings. The highest BCUT2D eigenvalue weighted by molar-refractivity contribution is 5.73. The lowest BCUT2D eigenvalue weighted by atomic mass is 9.91. The van der Waals surface area contributed by atoms with E-state index in [-0.39, 0.29) is 23.7 Å². The number of esters is 1. The molecule has 1 N–H and O–H groups in total. The summed E-state index contributed by atoms with van der Waals surface area (Å²) in [4.78, 5) is 11.2. The zero-order valence-corrected chi connectivity index (χ0v) is 8.64. The Morgan fingerprint density at radius 1 is 1.40 bits per heavy atom. The second-order valence-electron chi connectivity index (χ2n) is 3.84. The van der Waals surface area contributed by atoms with Gasteiger partial charge in [0.25, 0.3) is 0 Å². The van der Waals surface area contributed by atoms with Crippen LogP contribution in [0.4, 0.5) is 0 Å². The zero-order valence-electron chi connectivity index (χ0n) is 8.64. The first kappa shape index (κ1) is 10.0. The SMILES string of the molecule is CC[C@@H]1OC(=O)C[C@H]1c1ccc(O)cc1. The van der Waals surface area contributed by atoms with Gasteiger partial charge in [-0.3, -0.25) is 4.79 Å². The van der Waals surface area contributed by atoms with E-state index >= 15 is 0 Å². The van der Waals surface area contributed by atoms with E-state index in [0.717, 1.165) is 12.0 Å². The largest absolute Gasteiger partial charge is 0.508 e. The van der Waals surface area contributed by atoms with Crippen molar-refractivity contribution in [1.29, 1.82) is 0 Å². The van der Waals surface area contributed by atoms with Gasteiger partial charge in [-0.05, 0) is 24.1 Å². The Morgan fingerprint density at radius 2 is 2.07 bits per heavy atom. The topological polar surface area (TPSA) is 46.5 Å². The lowest BCUT2D eigenvalue weighted by Crippen LogP contribution is -2.12. The summed E-state index contributed by atoms with van der Waals surface area (Å²) >= 11 is 0. The summed E-state index contributed by atoms with van der Waals surface area (Å²) in [5, 5.41) is 9.18. The van der Waals surface area contributed by atoms with Crippen LogP contribution in [0.1, 0.15) is 31.2 Å². The molecule has 0 saturated carbocycles. The van der Waals surface area contributed by atoms with Gasteiger partial charge in [0.15, 0.2) is 0 Å². The molecule has 2 atom stereocenters. The predicted octanol–water partition coefficient (Wildman–Crippen LogP) is 2.20. The summed E-state index contributed by atoms with van der Waals surface area (Å²) in [6, 6.07) is 6.99. The molecule has 1 fully saturated rings. The maximum absolute atomic E-state index is 11.2. The molecule has 1 aliphatic heterocycles. The Balaban J connectivity index is 2.22. The lowest BCUT2D eigenvalue weighted by Gasteiger charge is -2.15. The Labute approximate surface area is 88.7 Å². The van der Waals surface area contributed by atoms with E-state index in [4.69, 9.17) is 4.74 Å². The summed E-state index contributed by atoms with van der Waals surface area (Å²) in [6.45, 7) is 2.01. The number of ether oxygens (including phenoxy) is 1. The van der Waals surface area contributed by atoms with Gasteiger partial charge < -0.3 is 9.84 Å². The van der Waals surface area contributed by atoms with Crippen LogP contribution in [0.25, 0.3) is 0 Å². The predicted molar refractivity (Wildman–Crippen MR) is 55.6 cm³/mol. The smallest absolute Gasteiger partial charge is 0.306 e. The normalized spacial score (nSPS) is 25.3. The van der Waals surface area contributed by atoms with Gasteiger partial charge in [-0.1, -0.05) is 19.1 Å². The van der Waals surface area contributed by atoms with E-state index in [9.17, 15) is 9.90 Å². The Kier molecular flexibility index (Phi) is 2.62. The van der Waals surface area contributed by atoms with E-state index in [1.807, 2.05) is 19.1 Å². The molecule has 1 aromatic carbocycles. The molecule has 0 unspecified atom stereocenters. The van der Waals surface area contributed by atoms with Gasteiger partial charge in [0.2, 0.25) is 0 Å². The van der Waals surface area contributed by atoms with Crippen LogP contribution < -0.4 is 0 Å². The number of benzene rings is 1. The Hall–Kier alpha value is -1.51. The van der Waals surface area contributed by atoms with Gasteiger partial charge in [0.1, 0.15) is 11.9 Å². The molecule has 1 saturated heterocycles. The summed E-state index contributed by atoms with van der Waals surface area (Å²) in [5.41, 5.74) is 1.06. The second kappa shape index (κ2) is 3.93. The molecule has 3 nitrogen and oxygen atoms in total. The minimum Gasteiger partial charge on any atom is -0.508 e. The number of hydrogen-bond donors (Lipinski definition) is 1. The van der Waals surface area contributed by atoms with Crippen LogP contribution >= 0.6 is 0 Å². The van der Waals surface area contributed by atoms with Gasteiger partial charge in [-0.15, -0.1) is 0 Å². The quantitative estimate of drug-likeness (QED) is 0.754. The van der Waals surface area contributed by atoms with Crippen molar-refractivity contribution in [3.05, 3.63) is 29.8 Å². The van der Waals surface area contributed by atoms with E-state index in [2.05, 4.69) is 0 Å². The minimum atomic E-state index is -0.125. The van der Waals surface area contributed by atoms with Crippen molar-refractivity contribution in [2.45, 2.75) is 31.8 Å². The zero-order chi connectivity index (χ0) is 10.8. The first-order chi connectivity index (χ1) is 7.20. The van der Waals surface area contributed by atoms with Crippen molar-refractivity contribution in [3.8, 4) is 5.75 Å². The number of rotatable bonds is 2. The maximum Gasteiger partial charge on any atom is 0.306 e. The first-order valence-electron chi connectivity index (χ1n) is 5.19. The van der Waals surface area contributed by atoms with Crippen molar-refractivity contribution in [3.63, 3.8) is 0 Å². The fraction of sp³-hybridized carbons (Fsp3) is 0.417. The molecule has 2 rings (SSSR count). The van der Waals surface area contributed by atoms with Crippen LogP contribution in [-0.2, 0) is 9.53 Å². The summed E-state index contributed by atoms with van der Waals surface area (Å²) in [7, 11) is 0. The molecule has 1 heterocycles. The highest BCUT2D eigenvalue weighted by Crippen LogP contribution is 2.34. The third-order valence-electron chi connectivity index (χ3n) is 2.84. The van der Waals surface area contributed by atoms with Crippen LogP contribution in [0.2, 0.25) is 0 Å². The van der Waals surface area contributed by atoms with E-state index in [0.29, 0.717) is 6.42 Å². The van der Waals surface area contributed by atoms with Crippen molar-refractivity contribution in [2.75, 3.05) is 0 Å². The van der Waals surface area contributed by atoms with E-state index < -0.39 is 0 Å². The van der Waals surface area contributed by atoms with Crippen LogP contribution in [-0.4, -0.2) is 17.2 Å². The highest BCUT2D eigenvalue weighted by Gasteiger charge is 2.34. The molecule has 80 valence electrons. The molecule has 0 aromatic heterocycles. The van der Waals surface area contributed by atoms with Gasteiger partial charge >= 0.3 is 5.97 Å². The number of carbonyl (C=O) groups excluding carboxylic acids is 1. The second-order valence-corrected chi connectivity index (χ2v) is 3.84. The maximum atomic E-state index is 11.2. The van der Waals surface area contributed by atoms with Crippen molar-refractivity contribution in [1.82, 2.24) is 0 Å². The molecule has 1 aliphatic rings. The van der Waals surface area contributed by atoms with Crippen molar-refractivity contribution >= 4 is 5.97 Å². The molecular weight excluding hydrogens is 192 g/mol. The van der Waals surface area contributed by atoms with E-state index in [1.165, 1.54) is 0 Å². The van der Waals surface area contributed by atoms with Crippen molar-refractivity contribution < 1.29 is 14.6 Å². The van der Waals surface area contributed by atoms with Crippen LogP contribution in [0.15, 0.2) is 24.3 Å². The average Bonchev–Trinajstić information content (AvgIpc) is 2.61. The molecular formula is C12H14O3. The number of cyclic esters (lactones) is 1. The number of carbonyl (C=O) groups is 1. The first-order valence-corrected chi connectivity index (χ1v) is 5.19.